The Morgan fingerprint density at radius 2 is 1.78 bits per heavy atom. The number of aryl methyl sites for hydroxylation is 3. The maximum Gasteiger partial charge on any atom is 0.310 e. The molecule has 0 aliphatic carbocycles. The van der Waals surface area contributed by atoms with Crippen LogP contribution >= 0.6 is 0 Å². The predicted molar refractivity (Wildman–Crippen MR) is 73.4 cm³/mol. The van der Waals surface area contributed by atoms with Gasteiger partial charge < -0.3 is 10.5 Å². The fourth-order valence-electron chi connectivity index (χ4n) is 2.28. The van der Waals surface area contributed by atoms with Gasteiger partial charge in [0.25, 0.3) is 0 Å². The Hall–Kier alpha value is -1.35. The van der Waals surface area contributed by atoms with E-state index in [1.165, 1.54) is 18.2 Å². The summed E-state index contributed by atoms with van der Waals surface area (Å²) in [6.07, 6.45) is 0.681. The van der Waals surface area contributed by atoms with E-state index in [2.05, 4.69) is 26.0 Å². The van der Waals surface area contributed by atoms with Gasteiger partial charge in [0, 0.05) is 6.04 Å². The quantitative estimate of drug-likeness (QED) is 0.835. The van der Waals surface area contributed by atoms with Crippen LogP contribution in [0.2, 0.25) is 0 Å². The van der Waals surface area contributed by atoms with Crippen LogP contribution in [0.25, 0.3) is 0 Å². The molecule has 1 rings (SSSR count). The first-order valence-electron chi connectivity index (χ1n) is 6.33. The van der Waals surface area contributed by atoms with Gasteiger partial charge in [0.2, 0.25) is 0 Å². The molecule has 0 aliphatic heterocycles. The number of methoxy groups -OCH3 is 1. The van der Waals surface area contributed by atoms with Crippen molar-refractivity contribution in [3.05, 3.63) is 34.4 Å². The second-order valence-corrected chi connectivity index (χ2v) is 4.86. The molecule has 100 valence electrons. The Labute approximate surface area is 109 Å². The highest BCUT2D eigenvalue weighted by Gasteiger charge is 2.27. The molecule has 1 aromatic carbocycles. The van der Waals surface area contributed by atoms with Gasteiger partial charge in [0.15, 0.2) is 0 Å². The Morgan fingerprint density at radius 1 is 1.22 bits per heavy atom. The fraction of sp³-hybridized carbons (Fsp3) is 0.533. The topological polar surface area (TPSA) is 52.3 Å². The van der Waals surface area contributed by atoms with Crippen LogP contribution in [0.1, 0.15) is 41.6 Å². The van der Waals surface area contributed by atoms with Crippen molar-refractivity contribution in [3.63, 3.8) is 0 Å². The van der Waals surface area contributed by atoms with Crippen molar-refractivity contribution in [2.45, 2.75) is 40.2 Å². The fourth-order valence-corrected chi connectivity index (χ4v) is 2.28. The maximum atomic E-state index is 11.7. The van der Waals surface area contributed by atoms with E-state index in [1.54, 1.807) is 0 Å². The lowest BCUT2D eigenvalue weighted by atomic mass is 9.87. The zero-order valence-electron chi connectivity index (χ0n) is 11.9. The summed E-state index contributed by atoms with van der Waals surface area (Å²) in [7, 11) is 1.41. The first-order chi connectivity index (χ1) is 8.42. The minimum atomic E-state index is -0.304. The van der Waals surface area contributed by atoms with Crippen molar-refractivity contribution >= 4 is 5.97 Å². The highest BCUT2D eigenvalue weighted by atomic mass is 16.5. The number of ether oxygens (including phenoxy) is 1. The molecular formula is C15H23NO2. The first kappa shape index (κ1) is 14.7. The van der Waals surface area contributed by atoms with Crippen LogP contribution in [0.5, 0.6) is 0 Å². The van der Waals surface area contributed by atoms with E-state index < -0.39 is 0 Å². The van der Waals surface area contributed by atoms with E-state index >= 15 is 0 Å². The molecule has 18 heavy (non-hydrogen) atoms. The summed E-state index contributed by atoms with van der Waals surface area (Å²) in [6, 6.07) is 3.90. The standard InChI is InChI=1S/C15H23NO2/c1-6-12(15(17)18-5)14(16)13-8-10(3)9(2)7-11(13)4/h7-8,12,14H,6,16H2,1-5H3. The summed E-state index contributed by atoms with van der Waals surface area (Å²) < 4.78 is 4.82. The number of nitrogens with two attached hydrogens (primary N) is 1. The first-order valence-corrected chi connectivity index (χ1v) is 6.33. The average molecular weight is 249 g/mol. The molecule has 3 nitrogen and oxygen atoms in total. The Balaban J connectivity index is 3.13. The van der Waals surface area contributed by atoms with Gasteiger partial charge >= 0.3 is 5.97 Å². The number of hydrogen-bond acceptors (Lipinski definition) is 3. The molecule has 2 N–H and O–H groups in total. The largest absolute Gasteiger partial charge is 0.469 e. The molecule has 2 atom stereocenters. The summed E-state index contributed by atoms with van der Waals surface area (Å²) in [6.45, 7) is 8.13. The van der Waals surface area contributed by atoms with Crippen molar-refractivity contribution in [1.29, 1.82) is 0 Å². The zero-order valence-corrected chi connectivity index (χ0v) is 11.9. The molecular weight excluding hydrogens is 226 g/mol. The van der Waals surface area contributed by atoms with E-state index in [1.807, 2.05) is 13.8 Å². The third-order valence-electron chi connectivity index (χ3n) is 3.62. The second-order valence-electron chi connectivity index (χ2n) is 4.86. The lowest BCUT2D eigenvalue weighted by molar-refractivity contribution is -0.146. The molecule has 2 unspecified atom stereocenters. The van der Waals surface area contributed by atoms with Gasteiger partial charge in [-0.1, -0.05) is 19.1 Å². The molecule has 0 radical (unpaired) electrons. The van der Waals surface area contributed by atoms with Crippen LogP contribution in [-0.4, -0.2) is 13.1 Å². The summed E-state index contributed by atoms with van der Waals surface area (Å²) in [5, 5.41) is 0. The lowest BCUT2D eigenvalue weighted by Gasteiger charge is -2.23. The van der Waals surface area contributed by atoms with E-state index in [0.717, 1.165) is 11.1 Å². The van der Waals surface area contributed by atoms with E-state index in [0.29, 0.717) is 6.42 Å². The molecule has 0 spiro atoms. The lowest BCUT2D eigenvalue weighted by Crippen LogP contribution is -2.29. The van der Waals surface area contributed by atoms with Crippen molar-refractivity contribution in [3.8, 4) is 0 Å². The van der Waals surface area contributed by atoms with Gasteiger partial charge in [-0.25, -0.2) is 0 Å². The monoisotopic (exact) mass is 249 g/mol. The van der Waals surface area contributed by atoms with Crippen LogP contribution in [0.15, 0.2) is 12.1 Å². The molecule has 0 saturated heterocycles. The molecule has 0 aliphatic rings. The van der Waals surface area contributed by atoms with Crippen LogP contribution in [0.4, 0.5) is 0 Å². The van der Waals surface area contributed by atoms with Gasteiger partial charge in [-0.2, -0.15) is 0 Å². The summed E-state index contributed by atoms with van der Waals surface area (Å²) >= 11 is 0. The van der Waals surface area contributed by atoms with Crippen molar-refractivity contribution in [2.75, 3.05) is 7.11 Å². The normalized spacial score (nSPS) is 14.1. The number of esters is 1. The number of rotatable bonds is 4. The van der Waals surface area contributed by atoms with Crippen LogP contribution in [0, 0.1) is 26.7 Å². The smallest absolute Gasteiger partial charge is 0.310 e. The van der Waals surface area contributed by atoms with Crippen molar-refractivity contribution < 1.29 is 9.53 Å². The number of carbonyl (C=O) groups excluding carboxylic acids is 1. The zero-order chi connectivity index (χ0) is 13.9. The van der Waals surface area contributed by atoms with E-state index in [9.17, 15) is 4.79 Å². The summed E-state index contributed by atoms with van der Waals surface area (Å²) in [4.78, 5) is 11.7. The summed E-state index contributed by atoms with van der Waals surface area (Å²) in [5.74, 6) is -0.515. The minimum Gasteiger partial charge on any atom is -0.469 e. The molecule has 0 fully saturated rings. The minimum absolute atomic E-state index is 0.234. The molecule has 1 aromatic rings. The average Bonchev–Trinajstić information content (AvgIpc) is 2.34. The molecule has 0 amide bonds. The highest BCUT2D eigenvalue weighted by Crippen LogP contribution is 2.28. The molecule has 0 bridgehead atoms. The van der Waals surface area contributed by atoms with Gasteiger partial charge in [-0.05, 0) is 49.4 Å². The Bertz CT molecular complexity index is 440. The highest BCUT2D eigenvalue weighted by molar-refractivity contribution is 5.73. The van der Waals surface area contributed by atoms with Crippen molar-refractivity contribution in [2.24, 2.45) is 11.7 Å². The van der Waals surface area contributed by atoms with Gasteiger partial charge in [0.1, 0.15) is 0 Å². The SMILES string of the molecule is CCC(C(=O)OC)C(N)c1cc(C)c(C)cc1C. The molecule has 0 heterocycles. The van der Waals surface area contributed by atoms with E-state index in [-0.39, 0.29) is 17.9 Å². The third kappa shape index (κ3) is 2.91. The maximum absolute atomic E-state index is 11.7. The molecule has 3 heteroatoms. The van der Waals surface area contributed by atoms with Crippen LogP contribution in [0.3, 0.4) is 0 Å². The van der Waals surface area contributed by atoms with Gasteiger partial charge in [0.05, 0.1) is 13.0 Å². The van der Waals surface area contributed by atoms with Crippen LogP contribution < -0.4 is 5.73 Å². The third-order valence-corrected chi connectivity index (χ3v) is 3.62. The Morgan fingerprint density at radius 3 is 2.28 bits per heavy atom. The molecule has 0 saturated carbocycles. The van der Waals surface area contributed by atoms with E-state index in [4.69, 9.17) is 10.5 Å². The van der Waals surface area contributed by atoms with Crippen LogP contribution in [-0.2, 0) is 9.53 Å². The predicted octanol–water partition coefficient (Wildman–Crippen LogP) is 2.81. The number of benzene rings is 1. The Kier molecular flexibility index (Phi) is 4.91. The second kappa shape index (κ2) is 6.01. The van der Waals surface area contributed by atoms with Gasteiger partial charge in [-0.15, -0.1) is 0 Å². The van der Waals surface area contributed by atoms with Crippen molar-refractivity contribution in [1.82, 2.24) is 0 Å². The van der Waals surface area contributed by atoms with Gasteiger partial charge in [-0.3, -0.25) is 4.79 Å². The summed E-state index contributed by atoms with van der Waals surface area (Å²) in [5.41, 5.74) is 10.9. The molecule has 0 aromatic heterocycles. The number of hydrogen-bond donors (Lipinski definition) is 1. The number of carbonyl (C=O) groups is 1.